The highest BCUT2D eigenvalue weighted by molar-refractivity contribution is 14.1. The Bertz CT molecular complexity index is 586. The lowest BCUT2D eigenvalue weighted by molar-refractivity contribution is -0.138. The van der Waals surface area contributed by atoms with Gasteiger partial charge in [0.25, 0.3) is 0 Å². The van der Waals surface area contributed by atoms with Gasteiger partial charge in [0.2, 0.25) is 0 Å². The minimum Gasteiger partial charge on any atom is -0.380 e. The second-order valence-corrected chi connectivity index (χ2v) is 6.48. The number of thiazole rings is 1. The number of aromatic nitrogens is 1. The average molecular weight is 419 g/mol. The Morgan fingerprint density at radius 2 is 2.11 bits per heavy atom. The van der Waals surface area contributed by atoms with Crippen molar-refractivity contribution in [1.29, 1.82) is 0 Å². The van der Waals surface area contributed by atoms with Crippen LogP contribution in [0.2, 0.25) is 4.47 Å². The first-order valence-corrected chi connectivity index (χ1v) is 7.34. The van der Waals surface area contributed by atoms with Crippen LogP contribution in [0.3, 0.4) is 0 Å². The van der Waals surface area contributed by atoms with E-state index in [1.54, 1.807) is 28.8 Å². The van der Waals surface area contributed by atoms with Crippen molar-refractivity contribution in [2.45, 2.75) is 12.7 Å². The summed E-state index contributed by atoms with van der Waals surface area (Å²) >= 11 is 8.70. The number of nitrogens with zero attached hydrogens (tertiary/aromatic N) is 1. The molecule has 0 saturated carbocycles. The van der Waals surface area contributed by atoms with Crippen molar-refractivity contribution >= 4 is 51.2 Å². The first kappa shape index (κ1) is 14.9. The van der Waals surface area contributed by atoms with E-state index in [1.165, 1.54) is 23.5 Å². The summed E-state index contributed by atoms with van der Waals surface area (Å²) in [6.45, 7) is 0.478. The maximum atomic E-state index is 12.6. The number of nitrogens with one attached hydrogen (secondary N) is 1. The zero-order valence-electron chi connectivity index (χ0n) is 9.26. The fourth-order valence-electron chi connectivity index (χ4n) is 1.41. The van der Waals surface area contributed by atoms with Gasteiger partial charge in [0.05, 0.1) is 12.1 Å². The Labute approximate surface area is 130 Å². The molecule has 2 rings (SSSR count). The molecule has 1 aromatic carbocycles. The molecule has 2 aromatic rings. The van der Waals surface area contributed by atoms with Crippen LogP contribution in [0, 0.1) is 3.57 Å². The second-order valence-electron chi connectivity index (χ2n) is 3.63. The van der Waals surface area contributed by atoms with E-state index in [4.69, 9.17) is 11.6 Å². The highest BCUT2D eigenvalue weighted by Crippen LogP contribution is 2.34. The zero-order chi connectivity index (χ0) is 14.0. The highest BCUT2D eigenvalue weighted by atomic mass is 127. The summed E-state index contributed by atoms with van der Waals surface area (Å²) in [5.74, 6) is 0. The third-order valence-corrected chi connectivity index (χ3v) is 4.27. The van der Waals surface area contributed by atoms with Gasteiger partial charge in [-0.3, -0.25) is 0 Å². The van der Waals surface area contributed by atoms with Crippen LogP contribution in [0.5, 0.6) is 0 Å². The quantitative estimate of drug-likeness (QED) is 0.707. The molecular formula is C11H7ClF3IN2S. The molecule has 19 heavy (non-hydrogen) atoms. The van der Waals surface area contributed by atoms with Crippen LogP contribution < -0.4 is 5.32 Å². The minimum absolute atomic E-state index is 0.164. The molecule has 0 aliphatic rings. The van der Waals surface area contributed by atoms with Crippen LogP contribution in [-0.2, 0) is 12.7 Å². The Balaban J connectivity index is 2.08. The third kappa shape index (κ3) is 3.96. The SMILES string of the molecule is FC(F)(F)c1ccc(NCc2cnc(Cl)s2)cc1I. The van der Waals surface area contributed by atoms with Crippen LogP contribution in [-0.4, -0.2) is 4.98 Å². The van der Waals surface area contributed by atoms with Crippen molar-refractivity contribution in [3.8, 4) is 0 Å². The van der Waals surface area contributed by atoms with Gasteiger partial charge in [-0.1, -0.05) is 11.6 Å². The van der Waals surface area contributed by atoms with Crippen LogP contribution in [0.4, 0.5) is 18.9 Å². The predicted octanol–water partition coefficient (Wildman–Crippen LogP) is 5.03. The number of rotatable bonds is 3. The molecule has 0 aliphatic heterocycles. The molecule has 1 aromatic heterocycles. The van der Waals surface area contributed by atoms with Crippen LogP contribution >= 0.6 is 45.5 Å². The number of benzene rings is 1. The summed E-state index contributed by atoms with van der Waals surface area (Å²) in [6, 6.07) is 3.95. The molecule has 0 unspecified atom stereocenters. The van der Waals surface area contributed by atoms with Crippen molar-refractivity contribution in [2.75, 3.05) is 5.32 Å². The summed E-state index contributed by atoms with van der Waals surface area (Å²) in [7, 11) is 0. The van der Waals surface area contributed by atoms with Crippen molar-refractivity contribution in [3.63, 3.8) is 0 Å². The van der Waals surface area contributed by atoms with Crippen LogP contribution in [0.25, 0.3) is 0 Å². The monoisotopic (exact) mass is 418 g/mol. The van der Waals surface area contributed by atoms with E-state index < -0.39 is 11.7 Å². The molecule has 0 radical (unpaired) electrons. The summed E-state index contributed by atoms with van der Waals surface area (Å²) in [5, 5.41) is 3.03. The number of hydrogen-bond donors (Lipinski definition) is 1. The summed E-state index contributed by atoms with van der Waals surface area (Å²) in [5.41, 5.74) is 0.00130. The molecule has 1 heterocycles. The maximum Gasteiger partial charge on any atom is 0.417 e. The Hall–Kier alpha value is -0.540. The molecule has 0 bridgehead atoms. The van der Waals surface area contributed by atoms with E-state index in [9.17, 15) is 13.2 Å². The molecule has 8 heteroatoms. The first-order valence-electron chi connectivity index (χ1n) is 5.07. The molecule has 0 amide bonds. The van der Waals surface area contributed by atoms with Gasteiger partial charge in [-0.25, -0.2) is 4.98 Å². The van der Waals surface area contributed by atoms with Gasteiger partial charge >= 0.3 is 6.18 Å². The lowest BCUT2D eigenvalue weighted by atomic mass is 10.2. The topological polar surface area (TPSA) is 24.9 Å². The summed E-state index contributed by atoms with van der Waals surface area (Å²) in [6.07, 6.45) is -2.69. The van der Waals surface area contributed by atoms with Crippen LogP contribution in [0.1, 0.15) is 10.4 Å². The highest BCUT2D eigenvalue weighted by Gasteiger charge is 2.32. The normalized spacial score (nSPS) is 11.6. The molecule has 0 atom stereocenters. The second kappa shape index (κ2) is 5.84. The Morgan fingerprint density at radius 1 is 1.37 bits per heavy atom. The predicted molar refractivity (Wildman–Crippen MR) is 78.6 cm³/mol. The summed E-state index contributed by atoms with van der Waals surface area (Å²) in [4.78, 5) is 4.80. The fourth-order valence-corrected chi connectivity index (χ4v) is 3.15. The van der Waals surface area contributed by atoms with E-state index in [-0.39, 0.29) is 3.57 Å². The molecule has 0 fully saturated rings. The molecule has 0 aliphatic carbocycles. The van der Waals surface area contributed by atoms with Crippen LogP contribution in [0.15, 0.2) is 24.4 Å². The minimum atomic E-state index is -4.32. The standard InChI is InChI=1S/C11H7ClF3IN2S/c12-10-18-5-7(19-10)4-17-6-1-2-8(9(16)3-6)11(13,14)15/h1-3,5,17H,4H2. The Morgan fingerprint density at radius 3 is 2.63 bits per heavy atom. The maximum absolute atomic E-state index is 12.6. The average Bonchev–Trinajstić information content (AvgIpc) is 2.71. The molecule has 0 spiro atoms. The van der Waals surface area contributed by atoms with E-state index in [2.05, 4.69) is 10.3 Å². The number of alkyl halides is 3. The van der Waals surface area contributed by atoms with E-state index in [1.807, 2.05) is 0 Å². The molecule has 102 valence electrons. The molecule has 2 nitrogen and oxygen atoms in total. The van der Waals surface area contributed by atoms with E-state index in [0.29, 0.717) is 16.7 Å². The molecule has 0 saturated heterocycles. The Kier molecular flexibility index (Phi) is 4.57. The smallest absolute Gasteiger partial charge is 0.380 e. The number of halogens is 5. The fraction of sp³-hybridized carbons (Fsp3) is 0.182. The largest absolute Gasteiger partial charge is 0.417 e. The van der Waals surface area contributed by atoms with Gasteiger partial charge in [-0.15, -0.1) is 11.3 Å². The first-order chi connectivity index (χ1) is 8.86. The van der Waals surface area contributed by atoms with Crippen molar-refractivity contribution < 1.29 is 13.2 Å². The van der Waals surface area contributed by atoms with Gasteiger partial charge in [0.1, 0.15) is 0 Å². The molecule has 1 N–H and O–H groups in total. The number of hydrogen-bond acceptors (Lipinski definition) is 3. The van der Waals surface area contributed by atoms with Gasteiger partial charge in [0, 0.05) is 20.3 Å². The van der Waals surface area contributed by atoms with Gasteiger partial charge < -0.3 is 5.32 Å². The lowest BCUT2D eigenvalue weighted by Gasteiger charge is -2.11. The summed E-state index contributed by atoms with van der Waals surface area (Å²) < 4.78 is 38.4. The number of anilines is 1. The van der Waals surface area contributed by atoms with Gasteiger partial charge in [0.15, 0.2) is 4.47 Å². The zero-order valence-corrected chi connectivity index (χ0v) is 13.0. The van der Waals surface area contributed by atoms with Crippen molar-refractivity contribution in [3.05, 3.63) is 42.9 Å². The van der Waals surface area contributed by atoms with Gasteiger partial charge in [-0.05, 0) is 40.8 Å². The third-order valence-electron chi connectivity index (χ3n) is 2.27. The van der Waals surface area contributed by atoms with Gasteiger partial charge in [-0.2, -0.15) is 13.2 Å². The van der Waals surface area contributed by atoms with E-state index in [0.717, 1.165) is 10.9 Å². The van der Waals surface area contributed by atoms with Crippen molar-refractivity contribution in [1.82, 2.24) is 4.98 Å². The van der Waals surface area contributed by atoms with Crippen molar-refractivity contribution in [2.24, 2.45) is 0 Å². The molecular weight excluding hydrogens is 412 g/mol. The van der Waals surface area contributed by atoms with E-state index >= 15 is 0 Å². The lowest BCUT2D eigenvalue weighted by Crippen LogP contribution is -2.08.